The molecule has 0 aromatic carbocycles. The summed E-state index contributed by atoms with van der Waals surface area (Å²) in [5.74, 6) is 0.529. The molecule has 3 nitrogen and oxygen atoms in total. The first-order chi connectivity index (χ1) is 7.12. The minimum absolute atomic E-state index is 0.249. The third-order valence-corrected chi connectivity index (χ3v) is 3.85. The van der Waals surface area contributed by atoms with E-state index in [4.69, 9.17) is 0 Å². The molecule has 1 N–H and O–H groups in total. The minimum Gasteiger partial charge on any atom is -0.316 e. The molecule has 4 heteroatoms. The van der Waals surface area contributed by atoms with Crippen molar-refractivity contribution in [1.82, 2.24) is 5.32 Å². The van der Waals surface area contributed by atoms with Gasteiger partial charge in [-0.3, -0.25) is 0 Å². The van der Waals surface area contributed by atoms with Crippen LogP contribution in [0.25, 0.3) is 0 Å². The van der Waals surface area contributed by atoms with E-state index in [-0.39, 0.29) is 11.5 Å². The lowest BCUT2D eigenvalue weighted by Gasteiger charge is -1.98. The van der Waals surface area contributed by atoms with E-state index in [0.29, 0.717) is 6.42 Å². The van der Waals surface area contributed by atoms with Crippen LogP contribution in [0.15, 0.2) is 12.2 Å². The first-order valence-corrected chi connectivity index (χ1v) is 7.50. The van der Waals surface area contributed by atoms with Crippen molar-refractivity contribution < 1.29 is 8.42 Å². The monoisotopic (exact) mass is 233 g/mol. The van der Waals surface area contributed by atoms with E-state index in [2.05, 4.69) is 12.2 Å². The van der Waals surface area contributed by atoms with Crippen LogP contribution < -0.4 is 5.32 Å². The Balaban J connectivity index is 3.40. The predicted octanol–water partition coefficient (Wildman–Crippen LogP) is 1.76. The second kappa shape index (κ2) is 8.92. The van der Waals surface area contributed by atoms with E-state index in [0.717, 1.165) is 25.9 Å². The van der Waals surface area contributed by atoms with Crippen molar-refractivity contribution >= 4 is 9.84 Å². The molecule has 0 aliphatic rings. The molecule has 15 heavy (non-hydrogen) atoms. The van der Waals surface area contributed by atoms with Crippen molar-refractivity contribution in [2.45, 2.75) is 33.1 Å². The predicted molar refractivity (Wildman–Crippen MR) is 65.9 cm³/mol. The lowest BCUT2D eigenvalue weighted by molar-refractivity contribution is 0.597. The molecule has 0 saturated heterocycles. The van der Waals surface area contributed by atoms with Gasteiger partial charge in [0, 0.05) is 5.75 Å². The van der Waals surface area contributed by atoms with Crippen LogP contribution in [0.2, 0.25) is 0 Å². The number of nitrogens with one attached hydrogen (secondary N) is 1. The first kappa shape index (κ1) is 14.6. The van der Waals surface area contributed by atoms with Gasteiger partial charge in [0.2, 0.25) is 0 Å². The number of hydrogen-bond donors (Lipinski definition) is 1. The molecule has 0 aliphatic heterocycles. The highest BCUT2D eigenvalue weighted by atomic mass is 32.2. The summed E-state index contributed by atoms with van der Waals surface area (Å²) < 4.78 is 22.3. The highest BCUT2D eigenvalue weighted by Crippen LogP contribution is 1.95. The maximum atomic E-state index is 11.1. The molecule has 0 amide bonds. The molecule has 0 rings (SSSR count). The van der Waals surface area contributed by atoms with Gasteiger partial charge < -0.3 is 5.32 Å². The van der Waals surface area contributed by atoms with Gasteiger partial charge in [-0.05, 0) is 32.4 Å². The zero-order valence-corrected chi connectivity index (χ0v) is 10.6. The van der Waals surface area contributed by atoms with Gasteiger partial charge in [0.25, 0.3) is 0 Å². The molecule has 0 unspecified atom stereocenters. The van der Waals surface area contributed by atoms with Crippen molar-refractivity contribution in [2.24, 2.45) is 0 Å². The molecule has 0 bridgehead atoms. The smallest absolute Gasteiger partial charge is 0.150 e. The average molecular weight is 233 g/mol. The topological polar surface area (TPSA) is 46.2 Å². The van der Waals surface area contributed by atoms with E-state index in [1.807, 2.05) is 12.2 Å². The maximum Gasteiger partial charge on any atom is 0.150 e. The van der Waals surface area contributed by atoms with Crippen LogP contribution in [0.5, 0.6) is 0 Å². The zero-order valence-electron chi connectivity index (χ0n) is 9.83. The Kier molecular flexibility index (Phi) is 8.71. The van der Waals surface area contributed by atoms with Crippen LogP contribution in [-0.4, -0.2) is 33.0 Å². The molecule has 90 valence electrons. The average Bonchev–Trinajstić information content (AvgIpc) is 2.22. The van der Waals surface area contributed by atoms with Crippen LogP contribution >= 0.6 is 0 Å². The Labute approximate surface area is 93.9 Å². The fourth-order valence-electron chi connectivity index (χ4n) is 1.11. The summed E-state index contributed by atoms with van der Waals surface area (Å²) in [5.41, 5.74) is 0. The van der Waals surface area contributed by atoms with Gasteiger partial charge in [-0.25, -0.2) is 8.42 Å². The fraction of sp³-hybridized carbons (Fsp3) is 0.818. The summed E-state index contributed by atoms with van der Waals surface area (Å²) in [7, 11) is -2.79. The first-order valence-electron chi connectivity index (χ1n) is 5.68. The molecular weight excluding hydrogens is 210 g/mol. The van der Waals surface area contributed by atoms with Crippen molar-refractivity contribution in [3.63, 3.8) is 0 Å². The summed E-state index contributed by atoms with van der Waals surface area (Å²) in [4.78, 5) is 0. The largest absolute Gasteiger partial charge is 0.316 e. The van der Waals surface area contributed by atoms with Gasteiger partial charge in [0.15, 0.2) is 0 Å². The molecule has 0 heterocycles. The normalized spacial score (nSPS) is 12.4. The standard InChI is InChI=1S/C11H23NO2S/c1-3-9-12-10-7-5-6-8-11-15(13,14)4-2/h5-6,12H,3-4,7-11H2,1-2H3/b6-5+. The molecule has 0 aromatic rings. The molecule has 0 aromatic heterocycles. The summed E-state index contributed by atoms with van der Waals surface area (Å²) >= 11 is 0. The molecule has 0 spiro atoms. The third-order valence-electron chi connectivity index (χ3n) is 2.12. The van der Waals surface area contributed by atoms with Gasteiger partial charge >= 0.3 is 0 Å². The highest BCUT2D eigenvalue weighted by Gasteiger charge is 2.03. The van der Waals surface area contributed by atoms with Crippen molar-refractivity contribution in [1.29, 1.82) is 0 Å². The fourth-order valence-corrected chi connectivity index (χ4v) is 1.90. The van der Waals surface area contributed by atoms with E-state index in [1.54, 1.807) is 6.92 Å². The van der Waals surface area contributed by atoms with E-state index in [1.165, 1.54) is 0 Å². The van der Waals surface area contributed by atoms with Gasteiger partial charge in [-0.1, -0.05) is 26.0 Å². The van der Waals surface area contributed by atoms with E-state index in [9.17, 15) is 8.42 Å². The van der Waals surface area contributed by atoms with Crippen LogP contribution in [0.1, 0.15) is 33.1 Å². The Hall–Kier alpha value is -0.350. The highest BCUT2D eigenvalue weighted by molar-refractivity contribution is 7.91. The van der Waals surface area contributed by atoms with E-state index >= 15 is 0 Å². The number of allylic oxidation sites excluding steroid dienone is 1. The van der Waals surface area contributed by atoms with Crippen LogP contribution in [0.3, 0.4) is 0 Å². The van der Waals surface area contributed by atoms with Crippen molar-refractivity contribution in [2.75, 3.05) is 24.6 Å². The lowest BCUT2D eigenvalue weighted by Crippen LogP contribution is -2.15. The molecule has 0 radical (unpaired) electrons. The zero-order chi connectivity index (χ0) is 11.6. The summed E-state index contributed by atoms with van der Waals surface area (Å²) in [6.07, 6.45) is 6.78. The second-order valence-corrected chi connectivity index (χ2v) is 6.01. The van der Waals surface area contributed by atoms with Crippen molar-refractivity contribution in [3.05, 3.63) is 12.2 Å². The minimum atomic E-state index is -2.79. The summed E-state index contributed by atoms with van der Waals surface area (Å²) in [6.45, 7) is 5.86. The Morgan fingerprint density at radius 3 is 2.33 bits per heavy atom. The van der Waals surface area contributed by atoms with Crippen LogP contribution in [0, 0.1) is 0 Å². The molecule has 0 saturated carbocycles. The quantitative estimate of drug-likeness (QED) is 0.487. The number of rotatable bonds is 9. The molecule has 0 aliphatic carbocycles. The molecule has 0 atom stereocenters. The number of hydrogen-bond acceptors (Lipinski definition) is 3. The van der Waals surface area contributed by atoms with Gasteiger partial charge in [0.05, 0.1) is 5.75 Å². The lowest BCUT2D eigenvalue weighted by atomic mass is 10.3. The Bertz CT molecular complexity index is 258. The second-order valence-electron chi connectivity index (χ2n) is 3.54. The van der Waals surface area contributed by atoms with Crippen molar-refractivity contribution in [3.8, 4) is 0 Å². The van der Waals surface area contributed by atoms with Crippen LogP contribution in [-0.2, 0) is 9.84 Å². The Morgan fingerprint density at radius 1 is 1.07 bits per heavy atom. The summed E-state index contributed by atoms with van der Waals surface area (Å²) in [6, 6.07) is 0. The maximum absolute atomic E-state index is 11.1. The summed E-state index contributed by atoms with van der Waals surface area (Å²) in [5, 5.41) is 3.28. The SMILES string of the molecule is CCCNCC/C=C/CCS(=O)(=O)CC. The van der Waals surface area contributed by atoms with Crippen LogP contribution in [0.4, 0.5) is 0 Å². The molecular formula is C11H23NO2S. The van der Waals surface area contributed by atoms with Gasteiger partial charge in [0.1, 0.15) is 9.84 Å². The van der Waals surface area contributed by atoms with Gasteiger partial charge in [-0.15, -0.1) is 0 Å². The van der Waals surface area contributed by atoms with E-state index < -0.39 is 9.84 Å². The number of sulfone groups is 1. The Morgan fingerprint density at radius 2 is 1.73 bits per heavy atom. The molecule has 0 fully saturated rings. The van der Waals surface area contributed by atoms with Gasteiger partial charge in [-0.2, -0.15) is 0 Å². The third kappa shape index (κ3) is 9.94.